The minimum atomic E-state index is 0.0190. The summed E-state index contributed by atoms with van der Waals surface area (Å²) in [7, 11) is 0. The predicted molar refractivity (Wildman–Crippen MR) is 76.3 cm³/mol. The second-order valence-corrected chi connectivity index (χ2v) is 4.72. The molecule has 0 heterocycles. The third kappa shape index (κ3) is 6.42. The third-order valence-corrected chi connectivity index (χ3v) is 3.15. The van der Waals surface area contributed by atoms with E-state index in [0.717, 1.165) is 25.8 Å². The number of rotatable bonds is 9. The molecule has 1 rings (SSSR count). The molecule has 0 fully saturated rings. The number of nitriles is 1. The Labute approximate surface area is 111 Å². The highest BCUT2D eigenvalue weighted by Crippen LogP contribution is 2.05. The number of hydrogen-bond acceptors (Lipinski definition) is 2. The molecule has 0 aromatic heterocycles. The van der Waals surface area contributed by atoms with Crippen molar-refractivity contribution in [1.82, 2.24) is 5.32 Å². The first kappa shape index (κ1) is 14.7. The molecule has 0 saturated carbocycles. The number of hydrogen-bond donors (Lipinski definition) is 1. The Bertz CT molecular complexity index is 340. The molecule has 1 unspecified atom stereocenters. The maximum Gasteiger partial charge on any atom is 0.0953 e. The molecule has 0 aliphatic rings. The van der Waals surface area contributed by atoms with Crippen LogP contribution < -0.4 is 5.32 Å². The van der Waals surface area contributed by atoms with Crippen LogP contribution in [-0.4, -0.2) is 12.6 Å². The van der Waals surface area contributed by atoms with Crippen LogP contribution in [0.5, 0.6) is 0 Å². The topological polar surface area (TPSA) is 35.8 Å². The van der Waals surface area contributed by atoms with E-state index in [2.05, 4.69) is 42.6 Å². The van der Waals surface area contributed by atoms with Gasteiger partial charge in [0.25, 0.3) is 0 Å². The Morgan fingerprint density at radius 3 is 2.61 bits per heavy atom. The lowest BCUT2D eigenvalue weighted by Gasteiger charge is -2.11. The zero-order valence-corrected chi connectivity index (χ0v) is 11.4. The second kappa shape index (κ2) is 9.67. The van der Waals surface area contributed by atoms with Crippen LogP contribution in [-0.2, 0) is 6.42 Å². The second-order valence-electron chi connectivity index (χ2n) is 4.72. The molecular weight excluding hydrogens is 220 g/mol. The standard InChI is InChI=1S/C16H24N2/c1-2-3-4-8-11-16(14-17)18-13-12-15-9-6-5-7-10-15/h5-7,9-10,16,18H,2-4,8,11-13H2,1H3. The summed E-state index contributed by atoms with van der Waals surface area (Å²) in [6, 6.07) is 12.8. The number of nitrogens with one attached hydrogen (secondary N) is 1. The van der Waals surface area contributed by atoms with E-state index in [-0.39, 0.29) is 6.04 Å². The average Bonchev–Trinajstić information content (AvgIpc) is 2.42. The van der Waals surface area contributed by atoms with Gasteiger partial charge in [-0.1, -0.05) is 62.9 Å². The Hall–Kier alpha value is -1.33. The first-order chi connectivity index (χ1) is 8.86. The van der Waals surface area contributed by atoms with Crippen molar-refractivity contribution >= 4 is 0 Å². The number of nitrogens with zero attached hydrogens (tertiary/aromatic N) is 1. The summed E-state index contributed by atoms with van der Waals surface area (Å²) in [6.07, 6.45) is 6.90. The van der Waals surface area contributed by atoms with Crippen molar-refractivity contribution in [3.8, 4) is 6.07 Å². The predicted octanol–water partition coefficient (Wildman–Crippen LogP) is 3.68. The first-order valence-electron chi connectivity index (χ1n) is 7.03. The SMILES string of the molecule is CCCCCCC(C#N)NCCc1ccccc1. The molecule has 1 aromatic carbocycles. The van der Waals surface area contributed by atoms with E-state index >= 15 is 0 Å². The highest BCUT2D eigenvalue weighted by atomic mass is 14.9. The molecule has 1 aromatic rings. The fraction of sp³-hybridized carbons (Fsp3) is 0.562. The molecule has 0 bridgehead atoms. The molecule has 98 valence electrons. The van der Waals surface area contributed by atoms with Gasteiger partial charge in [0, 0.05) is 6.54 Å². The number of unbranched alkanes of at least 4 members (excludes halogenated alkanes) is 3. The van der Waals surface area contributed by atoms with E-state index in [9.17, 15) is 0 Å². The van der Waals surface area contributed by atoms with Crippen molar-refractivity contribution in [2.75, 3.05) is 6.54 Å². The van der Waals surface area contributed by atoms with Crippen LogP contribution >= 0.6 is 0 Å². The average molecular weight is 244 g/mol. The van der Waals surface area contributed by atoms with Crippen LogP contribution in [0, 0.1) is 11.3 Å². The van der Waals surface area contributed by atoms with E-state index in [1.807, 2.05) is 6.07 Å². The molecule has 0 radical (unpaired) electrons. The quantitative estimate of drug-likeness (QED) is 0.673. The maximum absolute atomic E-state index is 9.07. The van der Waals surface area contributed by atoms with Crippen molar-refractivity contribution in [2.45, 2.75) is 51.5 Å². The molecular formula is C16H24N2. The zero-order chi connectivity index (χ0) is 13.1. The van der Waals surface area contributed by atoms with Gasteiger partial charge in [0.15, 0.2) is 0 Å². The summed E-state index contributed by atoms with van der Waals surface area (Å²) in [4.78, 5) is 0. The number of benzene rings is 1. The largest absolute Gasteiger partial charge is 0.302 e. The van der Waals surface area contributed by atoms with Gasteiger partial charge in [0.05, 0.1) is 12.1 Å². The van der Waals surface area contributed by atoms with E-state index in [4.69, 9.17) is 5.26 Å². The Balaban J connectivity index is 2.14. The van der Waals surface area contributed by atoms with Gasteiger partial charge in [-0.25, -0.2) is 0 Å². The van der Waals surface area contributed by atoms with E-state index in [0.29, 0.717) is 0 Å². The first-order valence-corrected chi connectivity index (χ1v) is 7.03. The zero-order valence-electron chi connectivity index (χ0n) is 11.4. The van der Waals surface area contributed by atoms with Crippen molar-refractivity contribution < 1.29 is 0 Å². The highest BCUT2D eigenvalue weighted by molar-refractivity contribution is 5.14. The van der Waals surface area contributed by atoms with Gasteiger partial charge in [0.1, 0.15) is 0 Å². The molecule has 0 amide bonds. The van der Waals surface area contributed by atoms with Gasteiger partial charge in [-0.3, -0.25) is 0 Å². The van der Waals surface area contributed by atoms with Crippen LogP contribution in [0.25, 0.3) is 0 Å². The van der Waals surface area contributed by atoms with Gasteiger partial charge in [-0.15, -0.1) is 0 Å². The normalized spacial score (nSPS) is 12.0. The van der Waals surface area contributed by atoms with E-state index in [1.165, 1.54) is 24.8 Å². The summed E-state index contributed by atoms with van der Waals surface area (Å²) in [5.74, 6) is 0. The molecule has 0 saturated heterocycles. The Kier molecular flexibility index (Phi) is 7.92. The lowest BCUT2D eigenvalue weighted by molar-refractivity contribution is 0.525. The van der Waals surface area contributed by atoms with E-state index in [1.54, 1.807) is 0 Å². The van der Waals surface area contributed by atoms with Crippen molar-refractivity contribution in [1.29, 1.82) is 5.26 Å². The van der Waals surface area contributed by atoms with Gasteiger partial charge < -0.3 is 5.32 Å². The maximum atomic E-state index is 9.07. The minimum absolute atomic E-state index is 0.0190. The molecule has 18 heavy (non-hydrogen) atoms. The molecule has 2 heteroatoms. The van der Waals surface area contributed by atoms with Gasteiger partial charge in [-0.2, -0.15) is 5.26 Å². The van der Waals surface area contributed by atoms with Crippen molar-refractivity contribution in [3.63, 3.8) is 0 Å². The van der Waals surface area contributed by atoms with Crippen LogP contribution in [0.2, 0.25) is 0 Å². The van der Waals surface area contributed by atoms with Crippen molar-refractivity contribution in [2.24, 2.45) is 0 Å². The van der Waals surface area contributed by atoms with Gasteiger partial charge in [0.2, 0.25) is 0 Å². The van der Waals surface area contributed by atoms with Crippen LogP contribution in [0.4, 0.5) is 0 Å². The summed E-state index contributed by atoms with van der Waals surface area (Å²) in [6.45, 7) is 3.09. The third-order valence-electron chi connectivity index (χ3n) is 3.15. The molecule has 0 aliphatic heterocycles. The Morgan fingerprint density at radius 2 is 1.94 bits per heavy atom. The summed E-state index contributed by atoms with van der Waals surface area (Å²) in [5.41, 5.74) is 1.33. The Morgan fingerprint density at radius 1 is 1.17 bits per heavy atom. The monoisotopic (exact) mass is 244 g/mol. The molecule has 1 N–H and O–H groups in total. The molecule has 1 atom stereocenters. The van der Waals surface area contributed by atoms with E-state index < -0.39 is 0 Å². The van der Waals surface area contributed by atoms with Crippen LogP contribution in [0.3, 0.4) is 0 Å². The lowest BCUT2D eigenvalue weighted by atomic mass is 10.1. The lowest BCUT2D eigenvalue weighted by Crippen LogP contribution is -2.29. The van der Waals surface area contributed by atoms with Gasteiger partial charge in [-0.05, 0) is 18.4 Å². The summed E-state index contributed by atoms with van der Waals surface area (Å²) >= 11 is 0. The molecule has 2 nitrogen and oxygen atoms in total. The highest BCUT2D eigenvalue weighted by Gasteiger charge is 2.05. The fourth-order valence-electron chi connectivity index (χ4n) is 2.02. The summed E-state index contributed by atoms with van der Waals surface area (Å²) in [5, 5.41) is 12.4. The van der Waals surface area contributed by atoms with Crippen LogP contribution in [0.1, 0.15) is 44.6 Å². The molecule has 0 aliphatic carbocycles. The van der Waals surface area contributed by atoms with Crippen molar-refractivity contribution in [3.05, 3.63) is 35.9 Å². The van der Waals surface area contributed by atoms with Gasteiger partial charge >= 0.3 is 0 Å². The summed E-state index contributed by atoms with van der Waals surface area (Å²) < 4.78 is 0. The van der Waals surface area contributed by atoms with Crippen LogP contribution in [0.15, 0.2) is 30.3 Å². The fourth-order valence-corrected chi connectivity index (χ4v) is 2.02. The smallest absolute Gasteiger partial charge is 0.0953 e. The minimum Gasteiger partial charge on any atom is -0.302 e. The molecule has 0 spiro atoms.